The molecule has 8 heteroatoms. The zero-order chi connectivity index (χ0) is 16.8. The van der Waals surface area contributed by atoms with Gasteiger partial charge >= 0.3 is 0 Å². The first-order valence-electron chi connectivity index (χ1n) is 7.39. The van der Waals surface area contributed by atoms with E-state index in [9.17, 15) is 4.79 Å². The van der Waals surface area contributed by atoms with Gasteiger partial charge in [-0.15, -0.1) is 10.2 Å². The predicted octanol–water partition coefficient (Wildman–Crippen LogP) is 0.762. The molecule has 0 aromatic carbocycles. The minimum absolute atomic E-state index is 0.0660. The lowest BCUT2D eigenvalue weighted by atomic mass is 10.2. The van der Waals surface area contributed by atoms with Crippen molar-refractivity contribution in [2.45, 2.75) is 20.8 Å². The van der Waals surface area contributed by atoms with Crippen molar-refractivity contribution in [2.75, 3.05) is 32.1 Å². The van der Waals surface area contributed by atoms with E-state index in [4.69, 9.17) is 4.74 Å². The van der Waals surface area contributed by atoms with Crippen LogP contribution in [0.3, 0.4) is 0 Å². The van der Waals surface area contributed by atoms with Crippen molar-refractivity contribution in [3.05, 3.63) is 29.1 Å². The van der Waals surface area contributed by atoms with Crippen molar-refractivity contribution in [3.63, 3.8) is 0 Å². The average Bonchev–Trinajstić information content (AvgIpc) is 2.80. The fourth-order valence-electron chi connectivity index (χ4n) is 2.05. The zero-order valence-corrected chi connectivity index (χ0v) is 13.9. The summed E-state index contributed by atoms with van der Waals surface area (Å²) in [5.41, 5.74) is 3.19. The van der Waals surface area contributed by atoms with Crippen LogP contribution in [-0.2, 0) is 9.53 Å². The first-order valence-corrected chi connectivity index (χ1v) is 7.39. The highest BCUT2D eigenvalue weighted by atomic mass is 16.5. The molecule has 0 atom stereocenters. The standard InChI is InChI=1S/C15H22N6O2/c1-10-11(2)20-21(12(10)3)14-6-5-13(18-19-14)16-7-8-17-15(22)9-23-4/h5-6H,7-9H2,1-4H3,(H,16,18)(H,17,22). The summed E-state index contributed by atoms with van der Waals surface area (Å²) in [6, 6.07) is 3.70. The number of carbonyl (C=O) groups is 1. The number of nitrogens with one attached hydrogen (secondary N) is 2. The molecule has 2 heterocycles. The number of hydrogen-bond donors (Lipinski definition) is 2. The molecule has 0 bridgehead atoms. The van der Waals surface area contributed by atoms with E-state index in [0.29, 0.717) is 24.7 Å². The van der Waals surface area contributed by atoms with E-state index in [1.807, 2.05) is 32.9 Å². The summed E-state index contributed by atoms with van der Waals surface area (Å²) in [5, 5.41) is 18.6. The first-order chi connectivity index (χ1) is 11.0. The quantitative estimate of drug-likeness (QED) is 0.732. The smallest absolute Gasteiger partial charge is 0.246 e. The van der Waals surface area contributed by atoms with Gasteiger partial charge in [0, 0.05) is 25.9 Å². The lowest BCUT2D eigenvalue weighted by molar-refractivity contribution is -0.124. The fourth-order valence-corrected chi connectivity index (χ4v) is 2.05. The summed E-state index contributed by atoms with van der Waals surface area (Å²) in [7, 11) is 1.49. The molecule has 124 valence electrons. The molecule has 23 heavy (non-hydrogen) atoms. The minimum Gasteiger partial charge on any atom is -0.375 e. The molecule has 0 aliphatic carbocycles. The van der Waals surface area contributed by atoms with Gasteiger partial charge in [0.25, 0.3) is 0 Å². The molecule has 0 radical (unpaired) electrons. The van der Waals surface area contributed by atoms with E-state index in [0.717, 1.165) is 17.0 Å². The van der Waals surface area contributed by atoms with Crippen LogP contribution in [0.15, 0.2) is 12.1 Å². The number of amides is 1. The van der Waals surface area contributed by atoms with Crippen LogP contribution in [0, 0.1) is 20.8 Å². The van der Waals surface area contributed by atoms with Gasteiger partial charge in [0.15, 0.2) is 5.82 Å². The minimum atomic E-state index is -0.143. The van der Waals surface area contributed by atoms with Gasteiger partial charge in [0.05, 0.1) is 5.69 Å². The van der Waals surface area contributed by atoms with E-state index >= 15 is 0 Å². The zero-order valence-electron chi connectivity index (χ0n) is 13.9. The van der Waals surface area contributed by atoms with Gasteiger partial charge < -0.3 is 15.4 Å². The van der Waals surface area contributed by atoms with Crippen LogP contribution in [-0.4, -0.2) is 52.7 Å². The van der Waals surface area contributed by atoms with E-state index in [-0.39, 0.29) is 12.5 Å². The normalized spacial score (nSPS) is 10.6. The number of ether oxygens (including phenoxy) is 1. The maximum absolute atomic E-state index is 11.2. The second-order valence-electron chi connectivity index (χ2n) is 5.19. The second-order valence-corrected chi connectivity index (χ2v) is 5.19. The molecule has 2 N–H and O–H groups in total. The molecule has 2 aromatic rings. The molecule has 8 nitrogen and oxygen atoms in total. The van der Waals surface area contributed by atoms with Gasteiger partial charge in [-0.1, -0.05) is 0 Å². The van der Waals surface area contributed by atoms with Crippen molar-refractivity contribution in [1.29, 1.82) is 0 Å². The van der Waals surface area contributed by atoms with Crippen LogP contribution in [0.25, 0.3) is 5.82 Å². The van der Waals surface area contributed by atoms with Gasteiger partial charge in [0.1, 0.15) is 12.4 Å². The monoisotopic (exact) mass is 318 g/mol. The SMILES string of the molecule is COCC(=O)NCCNc1ccc(-n2nc(C)c(C)c2C)nn1. The molecule has 1 amide bonds. The Kier molecular flexibility index (Phi) is 5.64. The highest BCUT2D eigenvalue weighted by Crippen LogP contribution is 2.15. The predicted molar refractivity (Wildman–Crippen MR) is 86.7 cm³/mol. The van der Waals surface area contributed by atoms with Crippen LogP contribution in [0.2, 0.25) is 0 Å². The average molecular weight is 318 g/mol. The largest absolute Gasteiger partial charge is 0.375 e. The number of hydrogen-bond acceptors (Lipinski definition) is 6. The van der Waals surface area contributed by atoms with E-state index in [1.54, 1.807) is 4.68 Å². The Morgan fingerprint density at radius 1 is 1.22 bits per heavy atom. The van der Waals surface area contributed by atoms with Crippen LogP contribution in [0.1, 0.15) is 17.0 Å². The van der Waals surface area contributed by atoms with E-state index in [1.165, 1.54) is 7.11 Å². The maximum atomic E-state index is 11.2. The third-order valence-electron chi connectivity index (χ3n) is 3.55. The van der Waals surface area contributed by atoms with Gasteiger partial charge in [-0.2, -0.15) is 5.10 Å². The highest BCUT2D eigenvalue weighted by Gasteiger charge is 2.10. The summed E-state index contributed by atoms with van der Waals surface area (Å²) in [6.45, 7) is 7.13. The molecule has 2 rings (SSSR count). The summed E-state index contributed by atoms with van der Waals surface area (Å²) >= 11 is 0. The molecule has 0 unspecified atom stereocenters. The van der Waals surface area contributed by atoms with Crippen molar-refractivity contribution >= 4 is 11.7 Å². The number of anilines is 1. The topological polar surface area (TPSA) is 94.0 Å². The molecule has 2 aromatic heterocycles. The Balaban J connectivity index is 1.90. The molecule has 0 saturated heterocycles. The van der Waals surface area contributed by atoms with Gasteiger partial charge in [0.2, 0.25) is 5.91 Å². The van der Waals surface area contributed by atoms with Gasteiger partial charge in [-0.25, -0.2) is 4.68 Å². The summed E-state index contributed by atoms with van der Waals surface area (Å²) in [6.07, 6.45) is 0. The number of nitrogens with zero attached hydrogens (tertiary/aromatic N) is 4. The molecule has 0 fully saturated rings. The molecular weight excluding hydrogens is 296 g/mol. The lowest BCUT2D eigenvalue weighted by Gasteiger charge is -2.07. The van der Waals surface area contributed by atoms with Crippen LogP contribution < -0.4 is 10.6 Å². The summed E-state index contributed by atoms with van der Waals surface area (Å²) in [4.78, 5) is 11.2. The Bertz CT molecular complexity index is 665. The number of aryl methyl sites for hydroxylation is 1. The Labute approximate surface area is 135 Å². The second kappa shape index (κ2) is 7.68. The molecular formula is C15H22N6O2. The number of rotatable bonds is 7. The van der Waals surface area contributed by atoms with Crippen molar-refractivity contribution in [2.24, 2.45) is 0 Å². The van der Waals surface area contributed by atoms with Crippen molar-refractivity contribution in [1.82, 2.24) is 25.3 Å². The number of aromatic nitrogens is 4. The Morgan fingerprint density at radius 2 is 2.00 bits per heavy atom. The van der Waals surface area contributed by atoms with E-state index in [2.05, 4.69) is 25.9 Å². The third-order valence-corrected chi connectivity index (χ3v) is 3.55. The fraction of sp³-hybridized carbons (Fsp3) is 0.467. The molecule has 0 aliphatic heterocycles. The molecule has 0 saturated carbocycles. The number of carbonyl (C=O) groups excluding carboxylic acids is 1. The van der Waals surface area contributed by atoms with E-state index < -0.39 is 0 Å². The number of methoxy groups -OCH3 is 1. The highest BCUT2D eigenvalue weighted by molar-refractivity contribution is 5.77. The van der Waals surface area contributed by atoms with Crippen molar-refractivity contribution in [3.8, 4) is 5.82 Å². The molecule has 0 spiro atoms. The molecule has 0 aliphatic rings. The van der Waals surface area contributed by atoms with Gasteiger partial charge in [-0.3, -0.25) is 4.79 Å². The Hall–Kier alpha value is -2.48. The van der Waals surface area contributed by atoms with Crippen LogP contribution >= 0.6 is 0 Å². The van der Waals surface area contributed by atoms with Crippen LogP contribution in [0.5, 0.6) is 0 Å². The van der Waals surface area contributed by atoms with Gasteiger partial charge in [-0.05, 0) is 38.5 Å². The maximum Gasteiger partial charge on any atom is 0.246 e. The summed E-state index contributed by atoms with van der Waals surface area (Å²) in [5.74, 6) is 1.18. The Morgan fingerprint density at radius 3 is 2.57 bits per heavy atom. The third kappa shape index (κ3) is 4.26. The van der Waals surface area contributed by atoms with Crippen LogP contribution in [0.4, 0.5) is 5.82 Å². The van der Waals surface area contributed by atoms with Crippen molar-refractivity contribution < 1.29 is 9.53 Å². The summed E-state index contributed by atoms with van der Waals surface area (Å²) < 4.78 is 6.51. The first kappa shape index (κ1) is 16.9. The lowest BCUT2D eigenvalue weighted by Crippen LogP contribution is -2.31.